The largest absolute Gasteiger partial charge is 0.330 e. The Hall–Kier alpha value is -0.640. The Bertz CT molecular complexity index is 497. The van der Waals surface area contributed by atoms with Crippen LogP contribution in [0.2, 0.25) is 0 Å². The fourth-order valence-electron chi connectivity index (χ4n) is 1.98. The van der Waals surface area contributed by atoms with Gasteiger partial charge >= 0.3 is 0 Å². The second-order valence-electron chi connectivity index (χ2n) is 4.12. The maximum atomic E-state index is 13.2. The summed E-state index contributed by atoms with van der Waals surface area (Å²) in [5, 5.41) is 3.18. The van der Waals surface area contributed by atoms with Gasteiger partial charge in [-0.25, -0.2) is 4.39 Å². The minimum absolute atomic E-state index is 0.160. The van der Waals surface area contributed by atoms with Crippen LogP contribution in [0.3, 0.4) is 0 Å². The Morgan fingerprint density at radius 3 is 2.94 bits per heavy atom. The summed E-state index contributed by atoms with van der Waals surface area (Å²) in [5.41, 5.74) is 1.23. The molecule has 0 saturated carbocycles. The minimum Gasteiger partial charge on any atom is -0.330 e. The number of rotatable bonds is 5. The molecule has 0 saturated heterocycles. The molecule has 0 aliphatic carbocycles. The lowest BCUT2D eigenvalue weighted by Gasteiger charge is -2.15. The zero-order valence-electron chi connectivity index (χ0n) is 9.80. The third-order valence-electron chi connectivity index (χ3n) is 3.00. The molecule has 1 N–H and O–H groups in total. The third kappa shape index (κ3) is 2.97. The number of thiophene rings is 1. The SMILES string of the molecule is CC[NH+](CCCl)Cc1csc2ccc(F)cc12. The van der Waals surface area contributed by atoms with E-state index in [-0.39, 0.29) is 5.82 Å². The van der Waals surface area contributed by atoms with E-state index >= 15 is 0 Å². The molecule has 17 heavy (non-hydrogen) atoms. The van der Waals surface area contributed by atoms with Crippen molar-refractivity contribution in [2.75, 3.05) is 19.0 Å². The molecule has 1 aromatic carbocycles. The van der Waals surface area contributed by atoms with Crippen molar-refractivity contribution in [3.8, 4) is 0 Å². The van der Waals surface area contributed by atoms with Crippen molar-refractivity contribution in [1.29, 1.82) is 0 Å². The first-order valence-corrected chi connectivity index (χ1v) is 7.21. The van der Waals surface area contributed by atoms with Crippen molar-refractivity contribution >= 4 is 33.0 Å². The van der Waals surface area contributed by atoms with Crippen molar-refractivity contribution in [3.05, 3.63) is 35.0 Å². The van der Waals surface area contributed by atoms with Gasteiger partial charge in [0, 0.05) is 21.0 Å². The predicted molar refractivity (Wildman–Crippen MR) is 72.6 cm³/mol. The summed E-state index contributed by atoms with van der Waals surface area (Å²) >= 11 is 7.46. The summed E-state index contributed by atoms with van der Waals surface area (Å²) < 4.78 is 14.4. The Morgan fingerprint density at radius 2 is 2.24 bits per heavy atom. The van der Waals surface area contributed by atoms with E-state index in [4.69, 9.17) is 11.6 Å². The first-order chi connectivity index (χ1) is 8.24. The molecule has 1 heterocycles. The molecule has 92 valence electrons. The van der Waals surface area contributed by atoms with Crippen molar-refractivity contribution in [2.45, 2.75) is 13.5 Å². The number of alkyl halides is 1. The van der Waals surface area contributed by atoms with Crippen LogP contribution in [-0.4, -0.2) is 19.0 Å². The van der Waals surface area contributed by atoms with Crippen molar-refractivity contribution in [3.63, 3.8) is 0 Å². The number of benzene rings is 1. The van der Waals surface area contributed by atoms with E-state index in [0.717, 1.165) is 29.7 Å². The molecule has 0 aliphatic rings. The van der Waals surface area contributed by atoms with Crippen LogP contribution in [0.15, 0.2) is 23.6 Å². The monoisotopic (exact) mass is 272 g/mol. The van der Waals surface area contributed by atoms with Gasteiger partial charge in [-0.05, 0) is 25.1 Å². The molecule has 0 bridgehead atoms. The lowest BCUT2D eigenvalue weighted by Crippen LogP contribution is -3.10. The number of nitrogens with one attached hydrogen (secondary N) is 1. The maximum Gasteiger partial charge on any atom is 0.123 e. The van der Waals surface area contributed by atoms with E-state index in [1.807, 2.05) is 6.07 Å². The van der Waals surface area contributed by atoms with Gasteiger partial charge in [0.15, 0.2) is 0 Å². The second kappa shape index (κ2) is 5.80. The molecular weight excluding hydrogens is 257 g/mol. The lowest BCUT2D eigenvalue weighted by molar-refractivity contribution is -0.909. The van der Waals surface area contributed by atoms with E-state index in [1.165, 1.54) is 16.5 Å². The van der Waals surface area contributed by atoms with Crippen LogP contribution < -0.4 is 4.90 Å². The summed E-state index contributed by atoms with van der Waals surface area (Å²) in [6.45, 7) is 5.06. The Balaban J connectivity index is 2.26. The zero-order chi connectivity index (χ0) is 12.3. The third-order valence-corrected chi connectivity index (χ3v) is 4.21. The first kappa shape index (κ1) is 12.8. The molecule has 0 fully saturated rings. The molecule has 0 amide bonds. The van der Waals surface area contributed by atoms with E-state index in [0.29, 0.717) is 5.88 Å². The Labute approximate surface area is 110 Å². The summed E-state index contributed by atoms with van der Waals surface area (Å²) in [7, 11) is 0. The van der Waals surface area contributed by atoms with Crippen molar-refractivity contribution < 1.29 is 9.29 Å². The molecule has 2 aromatic rings. The zero-order valence-corrected chi connectivity index (χ0v) is 11.4. The molecule has 1 nitrogen and oxygen atoms in total. The minimum atomic E-state index is -0.160. The standard InChI is InChI=1S/C13H15ClFNS/c1-2-16(6-5-14)8-10-9-17-13-4-3-11(15)7-12(10)13/h3-4,7,9H,2,5-6,8H2,1H3/p+1. The van der Waals surface area contributed by atoms with Crippen LogP contribution >= 0.6 is 22.9 Å². The topological polar surface area (TPSA) is 4.44 Å². The molecule has 2 rings (SSSR count). The van der Waals surface area contributed by atoms with Gasteiger partial charge in [0.1, 0.15) is 12.4 Å². The first-order valence-electron chi connectivity index (χ1n) is 5.79. The van der Waals surface area contributed by atoms with Crippen LogP contribution in [0.4, 0.5) is 4.39 Å². The predicted octanol–water partition coefficient (Wildman–Crippen LogP) is 2.68. The Morgan fingerprint density at radius 1 is 1.41 bits per heavy atom. The van der Waals surface area contributed by atoms with Gasteiger partial charge in [-0.1, -0.05) is 0 Å². The van der Waals surface area contributed by atoms with Crippen LogP contribution in [-0.2, 0) is 6.54 Å². The van der Waals surface area contributed by atoms with E-state index in [9.17, 15) is 4.39 Å². The van der Waals surface area contributed by atoms with Crippen molar-refractivity contribution in [2.24, 2.45) is 0 Å². The maximum absolute atomic E-state index is 13.2. The number of hydrogen-bond donors (Lipinski definition) is 1. The average molecular weight is 273 g/mol. The molecule has 0 aliphatic heterocycles. The fraction of sp³-hybridized carbons (Fsp3) is 0.385. The van der Waals surface area contributed by atoms with Crippen molar-refractivity contribution in [1.82, 2.24) is 0 Å². The van der Waals surface area contributed by atoms with Crippen LogP contribution in [0.1, 0.15) is 12.5 Å². The number of fused-ring (bicyclic) bond motifs is 1. The van der Waals surface area contributed by atoms with E-state index in [1.54, 1.807) is 17.4 Å². The van der Waals surface area contributed by atoms with Gasteiger partial charge in [0.25, 0.3) is 0 Å². The van der Waals surface area contributed by atoms with Gasteiger partial charge in [-0.3, -0.25) is 0 Å². The van der Waals surface area contributed by atoms with Gasteiger partial charge in [-0.2, -0.15) is 0 Å². The molecule has 1 aromatic heterocycles. The highest BCUT2D eigenvalue weighted by molar-refractivity contribution is 7.17. The summed E-state index contributed by atoms with van der Waals surface area (Å²) in [6, 6.07) is 5.01. The van der Waals surface area contributed by atoms with Gasteiger partial charge < -0.3 is 4.90 Å². The highest BCUT2D eigenvalue weighted by atomic mass is 35.5. The summed E-state index contributed by atoms with van der Waals surface area (Å²) in [5.74, 6) is 0.507. The smallest absolute Gasteiger partial charge is 0.123 e. The Kier molecular flexibility index (Phi) is 4.37. The highest BCUT2D eigenvalue weighted by Gasteiger charge is 2.11. The van der Waals surface area contributed by atoms with Crippen LogP contribution in [0.25, 0.3) is 10.1 Å². The van der Waals surface area contributed by atoms with Crippen LogP contribution in [0, 0.1) is 5.82 Å². The van der Waals surface area contributed by atoms with Crippen LogP contribution in [0.5, 0.6) is 0 Å². The normalized spacial score (nSPS) is 13.1. The molecular formula is C13H16ClFNS+. The summed E-state index contributed by atoms with van der Waals surface area (Å²) in [6.07, 6.45) is 0. The van der Waals surface area contributed by atoms with Gasteiger partial charge in [0.05, 0.1) is 19.0 Å². The lowest BCUT2D eigenvalue weighted by atomic mass is 10.1. The quantitative estimate of drug-likeness (QED) is 0.799. The second-order valence-corrected chi connectivity index (χ2v) is 5.41. The fourth-order valence-corrected chi connectivity index (χ4v) is 3.19. The highest BCUT2D eigenvalue weighted by Crippen LogP contribution is 2.26. The molecule has 4 heteroatoms. The summed E-state index contributed by atoms with van der Waals surface area (Å²) in [4.78, 5) is 1.43. The van der Waals surface area contributed by atoms with Gasteiger partial charge in [0.2, 0.25) is 0 Å². The van der Waals surface area contributed by atoms with Gasteiger partial charge in [-0.15, -0.1) is 22.9 Å². The van der Waals surface area contributed by atoms with E-state index < -0.39 is 0 Å². The molecule has 1 atom stereocenters. The van der Waals surface area contributed by atoms with E-state index in [2.05, 4.69) is 12.3 Å². The molecule has 1 unspecified atom stereocenters. The average Bonchev–Trinajstić information content (AvgIpc) is 2.71. The number of hydrogen-bond acceptors (Lipinski definition) is 1. The molecule has 0 spiro atoms. The number of halogens is 2. The molecule has 0 radical (unpaired) electrons. The number of quaternary nitrogens is 1.